The molecule has 0 aromatic heterocycles. The molecule has 1 aliphatic heterocycles. The van der Waals surface area contributed by atoms with E-state index >= 15 is 0 Å². The average Bonchev–Trinajstić information content (AvgIpc) is 3.08. The average molecular weight is 414 g/mol. The van der Waals surface area contributed by atoms with Crippen LogP contribution in [0, 0.1) is 17.7 Å². The summed E-state index contributed by atoms with van der Waals surface area (Å²) in [4.78, 5) is 31.2. The summed E-state index contributed by atoms with van der Waals surface area (Å²) in [5.41, 5.74) is 1.49. The molecule has 5 nitrogen and oxygen atoms in total. The van der Waals surface area contributed by atoms with E-state index in [1.54, 1.807) is 17.0 Å². The van der Waals surface area contributed by atoms with Crippen LogP contribution in [-0.4, -0.2) is 41.7 Å². The molecule has 2 amide bonds. The number of amides is 2. The molecule has 0 unspecified atom stereocenters. The lowest BCUT2D eigenvalue weighted by molar-refractivity contribution is -0.126. The maximum Gasteiger partial charge on any atom is 0.250 e. The van der Waals surface area contributed by atoms with Crippen molar-refractivity contribution < 1.29 is 14.0 Å². The maximum absolute atomic E-state index is 13.3. The zero-order valence-electron chi connectivity index (χ0n) is 18.0. The van der Waals surface area contributed by atoms with Gasteiger partial charge in [0.15, 0.2) is 0 Å². The first-order chi connectivity index (χ1) is 14.3. The molecule has 1 atom stereocenters. The van der Waals surface area contributed by atoms with Crippen LogP contribution in [0.25, 0.3) is 0 Å². The molecular weight excluding hydrogens is 381 g/mol. The predicted octanol–water partition coefficient (Wildman–Crippen LogP) is 4.08. The lowest BCUT2D eigenvalue weighted by atomic mass is 9.88. The van der Waals surface area contributed by atoms with E-state index in [1.165, 1.54) is 18.6 Å². The van der Waals surface area contributed by atoms with Crippen molar-refractivity contribution in [2.24, 2.45) is 16.8 Å². The van der Waals surface area contributed by atoms with Gasteiger partial charge in [0, 0.05) is 11.5 Å². The van der Waals surface area contributed by atoms with Gasteiger partial charge < -0.3 is 5.32 Å². The number of benzene rings is 1. The molecule has 1 aliphatic carbocycles. The van der Waals surface area contributed by atoms with E-state index in [2.05, 4.69) is 30.7 Å². The number of nitrogens with zero attached hydrogens (tertiary/aromatic N) is 2. The number of rotatable bonds is 8. The number of hydrogen-bond donors (Lipinski definition) is 1. The third-order valence-electron chi connectivity index (χ3n) is 5.88. The van der Waals surface area contributed by atoms with Crippen LogP contribution >= 0.6 is 0 Å². The Labute approximate surface area is 178 Å². The summed E-state index contributed by atoms with van der Waals surface area (Å²) >= 11 is 0. The minimum absolute atomic E-state index is 0.0727. The Morgan fingerprint density at radius 2 is 1.90 bits per heavy atom. The van der Waals surface area contributed by atoms with Gasteiger partial charge >= 0.3 is 0 Å². The molecule has 1 saturated carbocycles. The van der Waals surface area contributed by atoms with E-state index in [-0.39, 0.29) is 42.7 Å². The van der Waals surface area contributed by atoms with Crippen LogP contribution in [-0.2, 0) is 9.59 Å². The third-order valence-corrected chi connectivity index (χ3v) is 5.88. The van der Waals surface area contributed by atoms with Crippen LogP contribution in [0.1, 0.15) is 57.9 Å². The van der Waals surface area contributed by atoms with Crippen LogP contribution < -0.4 is 5.32 Å². The molecule has 1 aromatic rings. The van der Waals surface area contributed by atoms with Crippen LogP contribution in [0.3, 0.4) is 0 Å². The largest absolute Gasteiger partial charge is 0.349 e. The highest BCUT2D eigenvalue weighted by molar-refractivity contribution is 6.12. The topological polar surface area (TPSA) is 61.8 Å². The highest BCUT2D eigenvalue weighted by Gasteiger charge is 2.30. The molecule has 0 spiro atoms. The van der Waals surface area contributed by atoms with Crippen molar-refractivity contribution in [2.45, 2.75) is 58.4 Å². The van der Waals surface area contributed by atoms with E-state index in [1.807, 2.05) is 0 Å². The molecule has 3 rings (SSSR count). The van der Waals surface area contributed by atoms with Crippen molar-refractivity contribution in [3.8, 4) is 0 Å². The maximum atomic E-state index is 13.3. The highest BCUT2D eigenvalue weighted by atomic mass is 19.1. The number of amidine groups is 1. The van der Waals surface area contributed by atoms with Gasteiger partial charge in [-0.3, -0.25) is 19.5 Å². The summed E-state index contributed by atoms with van der Waals surface area (Å²) in [6, 6.07) is 5.78. The molecule has 30 heavy (non-hydrogen) atoms. The zero-order valence-corrected chi connectivity index (χ0v) is 18.0. The summed E-state index contributed by atoms with van der Waals surface area (Å²) in [5.74, 6) is 0.632. The Kier molecular flexibility index (Phi) is 7.40. The molecule has 0 saturated heterocycles. The van der Waals surface area contributed by atoms with Crippen LogP contribution in [0.2, 0.25) is 0 Å². The van der Waals surface area contributed by atoms with Gasteiger partial charge in [0.1, 0.15) is 18.2 Å². The molecule has 0 radical (unpaired) electrons. The van der Waals surface area contributed by atoms with Crippen LogP contribution in [0.5, 0.6) is 0 Å². The lowest BCUT2D eigenvalue weighted by Crippen LogP contribution is -2.44. The molecule has 6 heteroatoms. The number of carbonyl (C=O) groups is 2. The first-order valence-electron chi connectivity index (χ1n) is 10.9. The second-order valence-electron chi connectivity index (χ2n) is 8.81. The Balaban J connectivity index is 1.70. The molecule has 0 bridgehead atoms. The van der Waals surface area contributed by atoms with Gasteiger partial charge in [-0.05, 0) is 55.0 Å². The monoisotopic (exact) mass is 413 g/mol. The smallest absolute Gasteiger partial charge is 0.250 e. The summed E-state index contributed by atoms with van der Waals surface area (Å²) < 4.78 is 13.3. The third kappa shape index (κ3) is 5.55. The normalized spacial score (nSPS) is 18.5. The van der Waals surface area contributed by atoms with E-state index in [4.69, 9.17) is 0 Å². The van der Waals surface area contributed by atoms with Gasteiger partial charge in [0.05, 0.1) is 12.6 Å². The summed E-state index contributed by atoms with van der Waals surface area (Å²) in [5, 5.41) is 3.20. The standard InChI is InChI=1S/C24H32FN3O2/c1-16(2)13-21(27-24(30)19-7-5-4-6-8-19)17(3)15-28-22(29)14-26-23(28)18-9-11-20(25)12-10-18/h9-12,16,19,21H,3-8,13-15H2,1-2H3,(H,27,30)/t21-/m0/s1. The van der Waals surface area contributed by atoms with Gasteiger partial charge in [-0.1, -0.05) is 39.7 Å². The van der Waals surface area contributed by atoms with E-state index in [9.17, 15) is 14.0 Å². The number of aliphatic imine (C=N–C) groups is 1. The molecule has 2 aliphatic rings. The fraction of sp³-hybridized carbons (Fsp3) is 0.542. The number of nitrogens with one attached hydrogen (secondary N) is 1. The van der Waals surface area contributed by atoms with Crippen molar-refractivity contribution in [1.82, 2.24) is 10.2 Å². The molecular formula is C24H32FN3O2. The SMILES string of the molecule is C=C(CN1C(=O)CN=C1c1ccc(F)cc1)[C@H](CC(C)C)NC(=O)C1CCCCC1. The van der Waals surface area contributed by atoms with E-state index < -0.39 is 0 Å². The van der Waals surface area contributed by atoms with Gasteiger partial charge in [-0.25, -0.2) is 4.39 Å². The first-order valence-corrected chi connectivity index (χ1v) is 10.9. The summed E-state index contributed by atoms with van der Waals surface area (Å²) in [6.07, 6.45) is 6.06. The van der Waals surface area contributed by atoms with Crippen molar-refractivity contribution >= 4 is 17.6 Å². The fourth-order valence-corrected chi connectivity index (χ4v) is 4.21. The Hall–Kier alpha value is -2.50. The van der Waals surface area contributed by atoms with Gasteiger partial charge in [0.25, 0.3) is 0 Å². The van der Waals surface area contributed by atoms with E-state index in [0.29, 0.717) is 17.3 Å². The zero-order chi connectivity index (χ0) is 21.7. The van der Waals surface area contributed by atoms with Crippen molar-refractivity contribution in [3.05, 3.63) is 47.8 Å². The molecule has 1 aromatic carbocycles. The van der Waals surface area contributed by atoms with E-state index in [0.717, 1.165) is 37.7 Å². The Morgan fingerprint density at radius 3 is 2.53 bits per heavy atom. The highest BCUT2D eigenvalue weighted by Crippen LogP contribution is 2.25. The Bertz CT molecular complexity index is 810. The first kappa shape index (κ1) is 22.2. The molecule has 162 valence electrons. The molecule has 1 heterocycles. The van der Waals surface area contributed by atoms with Crippen molar-refractivity contribution in [2.75, 3.05) is 13.1 Å². The molecule has 1 fully saturated rings. The lowest BCUT2D eigenvalue weighted by Gasteiger charge is -2.29. The minimum atomic E-state index is -0.331. The minimum Gasteiger partial charge on any atom is -0.349 e. The van der Waals surface area contributed by atoms with Gasteiger partial charge in [-0.15, -0.1) is 0 Å². The van der Waals surface area contributed by atoms with Gasteiger partial charge in [-0.2, -0.15) is 0 Å². The van der Waals surface area contributed by atoms with Gasteiger partial charge in [0.2, 0.25) is 11.8 Å². The summed E-state index contributed by atoms with van der Waals surface area (Å²) in [7, 11) is 0. The second kappa shape index (κ2) is 10.0. The predicted molar refractivity (Wildman–Crippen MR) is 117 cm³/mol. The van der Waals surface area contributed by atoms with Crippen molar-refractivity contribution in [1.29, 1.82) is 0 Å². The second-order valence-corrected chi connectivity index (χ2v) is 8.81. The Morgan fingerprint density at radius 1 is 1.23 bits per heavy atom. The van der Waals surface area contributed by atoms with Crippen LogP contribution in [0.4, 0.5) is 4.39 Å². The fourth-order valence-electron chi connectivity index (χ4n) is 4.21. The quantitative estimate of drug-likeness (QED) is 0.653. The summed E-state index contributed by atoms with van der Waals surface area (Å²) in [6.45, 7) is 8.81. The van der Waals surface area contributed by atoms with Crippen LogP contribution in [0.15, 0.2) is 41.4 Å². The number of halogens is 1. The number of hydrogen-bond acceptors (Lipinski definition) is 3. The number of carbonyl (C=O) groups excluding carboxylic acids is 2. The molecule has 1 N–H and O–H groups in total. The van der Waals surface area contributed by atoms with Crippen molar-refractivity contribution in [3.63, 3.8) is 0 Å².